The molecule has 0 aromatic heterocycles. The number of methoxy groups -OCH3 is 1. The molecule has 1 atom stereocenters. The van der Waals surface area contributed by atoms with Crippen LogP contribution < -0.4 is 4.90 Å². The first kappa shape index (κ1) is 20.1. The van der Waals surface area contributed by atoms with Crippen LogP contribution >= 0.6 is 0 Å². The summed E-state index contributed by atoms with van der Waals surface area (Å²) in [4.78, 5) is 2.32. The van der Waals surface area contributed by atoms with Crippen LogP contribution in [-0.2, 0) is 16.1 Å². The van der Waals surface area contributed by atoms with E-state index in [1.54, 1.807) is 7.11 Å². The lowest BCUT2D eigenvalue weighted by molar-refractivity contribution is -0.193. The van der Waals surface area contributed by atoms with E-state index in [2.05, 4.69) is 77.7 Å². The van der Waals surface area contributed by atoms with Crippen LogP contribution in [0.4, 0.5) is 11.4 Å². The van der Waals surface area contributed by atoms with Gasteiger partial charge >= 0.3 is 0 Å². The molecule has 0 amide bonds. The molecule has 1 aliphatic rings. The molecule has 1 unspecified atom stereocenters. The molecular formula is C27H27NO2. The minimum Gasteiger partial charge on any atom is -0.349 e. The second kappa shape index (κ2) is 9.57. The molecule has 0 N–H and O–H groups in total. The number of ether oxygens (including phenoxy) is 2. The quantitative estimate of drug-likeness (QED) is 0.418. The minimum absolute atomic E-state index is 0.516. The predicted octanol–water partition coefficient (Wildman–Crippen LogP) is 6.27. The van der Waals surface area contributed by atoms with Gasteiger partial charge in [-0.05, 0) is 41.5 Å². The van der Waals surface area contributed by atoms with Crippen LogP contribution in [0, 0.1) is 0 Å². The van der Waals surface area contributed by atoms with Crippen LogP contribution in [0.3, 0.4) is 0 Å². The zero-order valence-corrected chi connectivity index (χ0v) is 17.3. The zero-order valence-electron chi connectivity index (χ0n) is 17.3. The Balaban J connectivity index is 1.48. The van der Waals surface area contributed by atoms with E-state index in [1.807, 2.05) is 36.4 Å². The second-order valence-electron chi connectivity index (χ2n) is 7.36. The lowest BCUT2D eigenvalue weighted by Gasteiger charge is -2.32. The predicted molar refractivity (Wildman–Crippen MR) is 123 cm³/mol. The molecule has 3 heteroatoms. The Labute approximate surface area is 178 Å². The lowest BCUT2D eigenvalue weighted by atomic mass is 10.0. The van der Waals surface area contributed by atoms with E-state index in [-0.39, 0.29) is 0 Å². The average molecular weight is 398 g/mol. The Morgan fingerprint density at radius 2 is 1.37 bits per heavy atom. The molecule has 0 aliphatic heterocycles. The van der Waals surface area contributed by atoms with Crippen molar-refractivity contribution in [3.05, 3.63) is 120 Å². The van der Waals surface area contributed by atoms with Crippen molar-refractivity contribution >= 4 is 11.4 Å². The van der Waals surface area contributed by atoms with Crippen LogP contribution in [0.1, 0.15) is 12.0 Å². The summed E-state index contributed by atoms with van der Waals surface area (Å²) in [7, 11) is 1.70. The molecule has 0 fully saturated rings. The third-order valence-electron chi connectivity index (χ3n) is 5.35. The van der Waals surface area contributed by atoms with Crippen LogP contribution in [0.15, 0.2) is 115 Å². The lowest BCUT2D eigenvalue weighted by Crippen LogP contribution is -2.34. The number of hydrogen-bond donors (Lipinski definition) is 0. The first-order valence-corrected chi connectivity index (χ1v) is 10.3. The largest absolute Gasteiger partial charge is 0.349 e. The number of rotatable bonds is 8. The number of nitrogens with zero attached hydrogens (tertiary/aromatic N) is 1. The highest BCUT2D eigenvalue weighted by Gasteiger charge is 2.29. The standard InChI is InChI=1S/C27H27NO2/c1-29-27(30-22-24-11-5-2-6-12-24)19-17-23(18-20-27)21-28(25-13-7-3-8-14-25)26-15-9-4-10-16-26/h2-19H,20-22H2,1H3. The summed E-state index contributed by atoms with van der Waals surface area (Å²) in [6.45, 7) is 1.30. The first-order valence-electron chi connectivity index (χ1n) is 10.3. The van der Waals surface area contributed by atoms with Crippen molar-refractivity contribution in [2.75, 3.05) is 18.6 Å². The van der Waals surface area contributed by atoms with Gasteiger partial charge in [0.25, 0.3) is 0 Å². The highest BCUT2D eigenvalue weighted by atomic mass is 16.7. The third kappa shape index (κ3) is 4.88. The molecule has 3 nitrogen and oxygen atoms in total. The maximum Gasteiger partial charge on any atom is 0.191 e. The van der Waals surface area contributed by atoms with E-state index >= 15 is 0 Å². The number of para-hydroxylation sites is 2. The highest BCUT2D eigenvalue weighted by Crippen LogP contribution is 2.31. The van der Waals surface area contributed by atoms with Gasteiger partial charge in [0.05, 0.1) is 6.61 Å². The smallest absolute Gasteiger partial charge is 0.191 e. The molecule has 152 valence electrons. The fourth-order valence-electron chi connectivity index (χ4n) is 3.59. The normalized spacial score (nSPS) is 18.1. The number of benzene rings is 3. The molecule has 0 spiro atoms. The monoisotopic (exact) mass is 397 g/mol. The van der Waals surface area contributed by atoms with Gasteiger partial charge in [-0.2, -0.15) is 0 Å². The maximum absolute atomic E-state index is 6.16. The van der Waals surface area contributed by atoms with Crippen molar-refractivity contribution < 1.29 is 9.47 Å². The molecule has 0 bridgehead atoms. The Morgan fingerprint density at radius 3 is 1.87 bits per heavy atom. The van der Waals surface area contributed by atoms with E-state index in [9.17, 15) is 0 Å². The van der Waals surface area contributed by atoms with Crippen molar-refractivity contribution in [2.24, 2.45) is 0 Å². The molecular weight excluding hydrogens is 370 g/mol. The minimum atomic E-state index is -0.719. The van der Waals surface area contributed by atoms with Gasteiger partial charge in [-0.1, -0.05) is 78.9 Å². The van der Waals surface area contributed by atoms with E-state index in [1.165, 1.54) is 16.9 Å². The van der Waals surface area contributed by atoms with E-state index in [4.69, 9.17) is 9.47 Å². The summed E-state index contributed by atoms with van der Waals surface area (Å²) >= 11 is 0. The summed E-state index contributed by atoms with van der Waals surface area (Å²) in [6, 6.07) is 31.1. The van der Waals surface area contributed by atoms with Crippen LogP contribution in [0.2, 0.25) is 0 Å². The zero-order chi connectivity index (χ0) is 20.7. The van der Waals surface area contributed by atoms with Gasteiger partial charge < -0.3 is 14.4 Å². The first-order chi connectivity index (χ1) is 14.8. The Morgan fingerprint density at radius 1 is 0.800 bits per heavy atom. The molecule has 3 aromatic carbocycles. The van der Waals surface area contributed by atoms with Gasteiger partial charge in [0.2, 0.25) is 0 Å². The van der Waals surface area contributed by atoms with Crippen LogP contribution in [0.25, 0.3) is 0 Å². The summed E-state index contributed by atoms with van der Waals surface area (Å²) in [5, 5.41) is 0. The summed E-state index contributed by atoms with van der Waals surface area (Å²) in [5.74, 6) is -0.719. The molecule has 30 heavy (non-hydrogen) atoms. The van der Waals surface area contributed by atoms with E-state index in [0.29, 0.717) is 13.0 Å². The molecule has 0 heterocycles. The molecule has 0 saturated heterocycles. The second-order valence-corrected chi connectivity index (χ2v) is 7.36. The van der Waals surface area contributed by atoms with Gasteiger partial charge in [-0.25, -0.2) is 0 Å². The van der Waals surface area contributed by atoms with Crippen molar-refractivity contribution in [1.29, 1.82) is 0 Å². The Bertz CT molecular complexity index is 944. The Hall–Kier alpha value is -3.14. The SMILES string of the molecule is COC1(OCc2ccccc2)C=CC(CN(c2ccccc2)c2ccccc2)=CC1. The summed E-state index contributed by atoms with van der Waals surface area (Å²) in [5.41, 5.74) is 4.71. The van der Waals surface area contributed by atoms with Gasteiger partial charge in [0, 0.05) is 31.5 Å². The van der Waals surface area contributed by atoms with Crippen molar-refractivity contribution in [3.8, 4) is 0 Å². The van der Waals surface area contributed by atoms with Gasteiger partial charge in [-0.3, -0.25) is 0 Å². The number of hydrogen-bond acceptors (Lipinski definition) is 3. The van der Waals surface area contributed by atoms with Gasteiger partial charge in [0.1, 0.15) is 0 Å². The molecule has 1 aliphatic carbocycles. The molecule has 0 saturated carbocycles. The fourth-order valence-corrected chi connectivity index (χ4v) is 3.59. The topological polar surface area (TPSA) is 21.7 Å². The van der Waals surface area contributed by atoms with Crippen LogP contribution in [0.5, 0.6) is 0 Å². The summed E-state index contributed by atoms with van der Waals surface area (Å²) in [6.07, 6.45) is 7.06. The van der Waals surface area contributed by atoms with E-state index < -0.39 is 5.79 Å². The fraction of sp³-hybridized carbons (Fsp3) is 0.185. The Kier molecular flexibility index (Phi) is 6.43. The van der Waals surface area contributed by atoms with Crippen molar-refractivity contribution in [2.45, 2.75) is 18.8 Å². The van der Waals surface area contributed by atoms with Crippen molar-refractivity contribution in [3.63, 3.8) is 0 Å². The van der Waals surface area contributed by atoms with Gasteiger partial charge in [0.15, 0.2) is 5.79 Å². The summed E-state index contributed by atoms with van der Waals surface area (Å²) < 4.78 is 11.9. The van der Waals surface area contributed by atoms with E-state index in [0.717, 1.165) is 12.1 Å². The number of anilines is 2. The van der Waals surface area contributed by atoms with Gasteiger partial charge in [-0.15, -0.1) is 0 Å². The molecule has 0 radical (unpaired) electrons. The van der Waals surface area contributed by atoms with Crippen molar-refractivity contribution in [1.82, 2.24) is 0 Å². The third-order valence-corrected chi connectivity index (χ3v) is 5.35. The average Bonchev–Trinajstić information content (AvgIpc) is 2.84. The molecule has 3 aromatic rings. The molecule has 4 rings (SSSR count). The maximum atomic E-state index is 6.16. The van der Waals surface area contributed by atoms with Crippen LogP contribution in [-0.4, -0.2) is 19.4 Å². The highest BCUT2D eigenvalue weighted by molar-refractivity contribution is 5.64.